The second-order valence-corrected chi connectivity index (χ2v) is 3.73. The number of rotatable bonds is 5. The molecular weight excluding hydrogens is 230 g/mol. The molecule has 2 heterocycles. The van der Waals surface area contributed by atoms with Crippen LogP contribution < -0.4 is 4.74 Å². The third kappa shape index (κ3) is 2.37. The third-order valence-corrected chi connectivity index (χ3v) is 2.48. The van der Waals surface area contributed by atoms with E-state index in [9.17, 15) is 10.1 Å². The van der Waals surface area contributed by atoms with E-state index in [-0.39, 0.29) is 30.5 Å². The molecule has 1 aliphatic heterocycles. The van der Waals surface area contributed by atoms with E-state index in [4.69, 9.17) is 14.2 Å². The smallest absolute Gasteiger partial charge is 0.350 e. The second kappa shape index (κ2) is 4.68. The fourth-order valence-corrected chi connectivity index (χ4v) is 1.44. The highest BCUT2D eigenvalue weighted by Gasteiger charge is 2.33. The van der Waals surface area contributed by atoms with E-state index < -0.39 is 4.92 Å². The van der Waals surface area contributed by atoms with Crippen LogP contribution in [0.15, 0.2) is 6.20 Å². The molecule has 1 fully saturated rings. The van der Waals surface area contributed by atoms with Gasteiger partial charge in [0.15, 0.2) is 0 Å². The molecule has 0 radical (unpaired) electrons. The van der Waals surface area contributed by atoms with E-state index in [1.807, 2.05) is 6.92 Å². The van der Waals surface area contributed by atoms with E-state index >= 15 is 0 Å². The molecule has 8 nitrogen and oxygen atoms in total. The molecule has 1 saturated heterocycles. The van der Waals surface area contributed by atoms with Gasteiger partial charge in [0.05, 0.1) is 17.6 Å². The molecule has 1 aromatic heterocycles. The van der Waals surface area contributed by atoms with Gasteiger partial charge in [-0.15, -0.1) is 5.10 Å². The quantitative estimate of drug-likeness (QED) is 0.554. The van der Waals surface area contributed by atoms with E-state index in [1.165, 1.54) is 18.0 Å². The molecule has 0 bridgehead atoms. The Morgan fingerprint density at radius 3 is 3.00 bits per heavy atom. The average molecular weight is 243 g/mol. The highest BCUT2D eigenvalue weighted by Crippen LogP contribution is 2.28. The van der Waals surface area contributed by atoms with Gasteiger partial charge in [-0.3, -0.25) is 10.1 Å². The van der Waals surface area contributed by atoms with Crippen LogP contribution in [0.2, 0.25) is 0 Å². The maximum atomic E-state index is 10.8. The highest BCUT2D eigenvalue weighted by atomic mass is 16.6. The van der Waals surface area contributed by atoms with Crippen molar-refractivity contribution in [3.63, 3.8) is 0 Å². The lowest BCUT2D eigenvalue weighted by molar-refractivity contribution is -0.386. The predicted octanol–water partition coefficient (Wildman–Crippen LogP) is 0.561. The van der Waals surface area contributed by atoms with Crippen LogP contribution in [0.1, 0.15) is 6.92 Å². The van der Waals surface area contributed by atoms with Gasteiger partial charge in [-0.1, -0.05) is 0 Å². The average Bonchev–Trinajstić information content (AvgIpc) is 2.68. The first-order valence-corrected chi connectivity index (χ1v) is 5.11. The summed E-state index contributed by atoms with van der Waals surface area (Å²) in [6.45, 7) is 2.41. The number of methoxy groups -OCH3 is 1. The first kappa shape index (κ1) is 11.8. The Hall–Kier alpha value is -1.67. The van der Waals surface area contributed by atoms with Gasteiger partial charge >= 0.3 is 11.6 Å². The summed E-state index contributed by atoms with van der Waals surface area (Å²) in [7, 11) is 1.48. The van der Waals surface area contributed by atoms with Gasteiger partial charge < -0.3 is 14.2 Å². The number of aromatic nitrogens is 2. The van der Waals surface area contributed by atoms with E-state index in [0.29, 0.717) is 6.61 Å². The summed E-state index contributed by atoms with van der Waals surface area (Å²) in [4.78, 5) is 10.3. The van der Waals surface area contributed by atoms with E-state index in [0.717, 1.165) is 0 Å². The molecule has 0 spiro atoms. The SMILES string of the molecule is COCn1cc([N+](=O)[O-])c(O[C@H]2CO[C@H]2C)n1. The molecule has 0 saturated carbocycles. The standard InChI is InChI=1S/C9H13N3O5/c1-6-8(4-16-6)17-9-7(12(13)14)3-11(10-9)5-15-2/h3,6,8H,4-5H2,1-2H3/t6-,8-/m0/s1. The van der Waals surface area contributed by atoms with Crippen molar-refractivity contribution in [1.29, 1.82) is 0 Å². The molecule has 94 valence electrons. The van der Waals surface area contributed by atoms with Crippen LogP contribution >= 0.6 is 0 Å². The van der Waals surface area contributed by atoms with Crippen molar-refractivity contribution in [2.75, 3.05) is 13.7 Å². The van der Waals surface area contributed by atoms with Crippen molar-refractivity contribution in [2.24, 2.45) is 0 Å². The monoisotopic (exact) mass is 243 g/mol. The van der Waals surface area contributed by atoms with Gasteiger partial charge in [0, 0.05) is 7.11 Å². The highest BCUT2D eigenvalue weighted by molar-refractivity contribution is 5.38. The lowest BCUT2D eigenvalue weighted by Gasteiger charge is -2.32. The fraction of sp³-hybridized carbons (Fsp3) is 0.667. The molecule has 1 aliphatic rings. The normalized spacial score (nSPS) is 23.2. The predicted molar refractivity (Wildman–Crippen MR) is 55.7 cm³/mol. The molecule has 8 heteroatoms. The first-order chi connectivity index (χ1) is 8.11. The van der Waals surface area contributed by atoms with Crippen molar-refractivity contribution >= 4 is 5.69 Å². The molecule has 0 aromatic carbocycles. The Balaban J connectivity index is 2.15. The van der Waals surface area contributed by atoms with E-state index in [1.54, 1.807) is 0 Å². The van der Waals surface area contributed by atoms with Crippen LogP contribution in [0, 0.1) is 10.1 Å². The zero-order chi connectivity index (χ0) is 12.4. The Bertz CT molecular complexity index is 419. The molecular formula is C9H13N3O5. The van der Waals surface area contributed by atoms with Crippen molar-refractivity contribution in [1.82, 2.24) is 9.78 Å². The Kier molecular flexibility index (Phi) is 3.25. The molecule has 2 atom stereocenters. The molecule has 0 N–H and O–H groups in total. The number of hydrogen-bond acceptors (Lipinski definition) is 6. The van der Waals surface area contributed by atoms with Crippen LogP contribution in [-0.4, -0.2) is 40.6 Å². The minimum absolute atomic E-state index is 0.00667. The summed E-state index contributed by atoms with van der Waals surface area (Å²) in [6.07, 6.45) is 1.03. The van der Waals surface area contributed by atoms with Gasteiger partial charge in [0.2, 0.25) is 0 Å². The Labute approximate surface area is 97.2 Å². The maximum absolute atomic E-state index is 10.8. The zero-order valence-electron chi connectivity index (χ0n) is 9.53. The fourth-order valence-electron chi connectivity index (χ4n) is 1.44. The van der Waals surface area contributed by atoms with Crippen molar-refractivity contribution < 1.29 is 19.1 Å². The minimum atomic E-state index is -0.529. The molecule has 1 aromatic rings. The Morgan fingerprint density at radius 2 is 2.53 bits per heavy atom. The number of nitrogens with zero attached hydrogens (tertiary/aromatic N) is 3. The number of ether oxygens (including phenoxy) is 3. The molecule has 2 rings (SSSR count). The largest absolute Gasteiger partial charge is 0.463 e. The molecule has 17 heavy (non-hydrogen) atoms. The summed E-state index contributed by atoms with van der Waals surface area (Å²) < 4.78 is 16.7. The van der Waals surface area contributed by atoms with Crippen LogP contribution in [0.25, 0.3) is 0 Å². The van der Waals surface area contributed by atoms with Crippen LogP contribution in [0.4, 0.5) is 5.69 Å². The van der Waals surface area contributed by atoms with Crippen molar-refractivity contribution in [3.8, 4) is 5.88 Å². The summed E-state index contributed by atoms with van der Waals surface area (Å²) in [5.74, 6) is 0.00667. The van der Waals surface area contributed by atoms with Crippen LogP contribution in [-0.2, 0) is 16.2 Å². The third-order valence-electron chi connectivity index (χ3n) is 2.48. The van der Waals surface area contributed by atoms with Gasteiger partial charge in [0.1, 0.15) is 19.0 Å². The molecule has 0 unspecified atom stereocenters. The minimum Gasteiger partial charge on any atom is -0.463 e. The van der Waals surface area contributed by atoms with Gasteiger partial charge in [-0.05, 0) is 6.92 Å². The number of nitro groups is 1. The lowest BCUT2D eigenvalue weighted by Crippen LogP contribution is -2.46. The summed E-state index contributed by atoms with van der Waals surface area (Å²) in [5, 5.41) is 14.8. The summed E-state index contributed by atoms with van der Waals surface area (Å²) in [6, 6.07) is 0. The Morgan fingerprint density at radius 1 is 1.76 bits per heavy atom. The van der Waals surface area contributed by atoms with Gasteiger partial charge in [-0.2, -0.15) is 0 Å². The van der Waals surface area contributed by atoms with Crippen molar-refractivity contribution in [2.45, 2.75) is 25.9 Å². The first-order valence-electron chi connectivity index (χ1n) is 5.11. The van der Waals surface area contributed by atoms with Gasteiger partial charge in [0.25, 0.3) is 0 Å². The topological polar surface area (TPSA) is 88.7 Å². The lowest BCUT2D eigenvalue weighted by atomic mass is 10.2. The van der Waals surface area contributed by atoms with Crippen molar-refractivity contribution in [3.05, 3.63) is 16.3 Å². The van der Waals surface area contributed by atoms with Gasteiger partial charge in [-0.25, -0.2) is 4.68 Å². The molecule has 0 amide bonds. The molecule has 0 aliphatic carbocycles. The summed E-state index contributed by atoms with van der Waals surface area (Å²) >= 11 is 0. The maximum Gasteiger partial charge on any atom is 0.350 e. The van der Waals surface area contributed by atoms with Crippen LogP contribution in [0.5, 0.6) is 5.88 Å². The second-order valence-electron chi connectivity index (χ2n) is 3.73. The van der Waals surface area contributed by atoms with E-state index in [2.05, 4.69) is 5.10 Å². The zero-order valence-corrected chi connectivity index (χ0v) is 9.53. The number of hydrogen-bond donors (Lipinski definition) is 0. The summed E-state index contributed by atoms with van der Waals surface area (Å²) in [5.41, 5.74) is -0.166. The van der Waals surface area contributed by atoms with Crippen LogP contribution in [0.3, 0.4) is 0 Å².